The van der Waals surface area contributed by atoms with E-state index in [1.54, 1.807) is 6.92 Å². The van der Waals surface area contributed by atoms with E-state index in [-0.39, 0.29) is 5.91 Å². The van der Waals surface area contributed by atoms with Crippen LogP contribution in [-0.2, 0) is 17.6 Å². The quantitative estimate of drug-likeness (QED) is 0.769. The summed E-state index contributed by atoms with van der Waals surface area (Å²) < 4.78 is 0. The number of hydrogen-bond acceptors (Lipinski definition) is 1. The molecule has 0 spiro atoms. The molecule has 0 fully saturated rings. The van der Waals surface area contributed by atoms with Gasteiger partial charge in [-0.05, 0) is 42.9 Å². The number of anilines is 1. The first-order chi connectivity index (χ1) is 7.77. The molecule has 0 bridgehead atoms. The van der Waals surface area contributed by atoms with E-state index >= 15 is 0 Å². The summed E-state index contributed by atoms with van der Waals surface area (Å²) in [6, 6.07) is 6.18. The Labute approximate surface area is 98.1 Å². The lowest BCUT2D eigenvalue weighted by molar-refractivity contribution is -0.114. The molecule has 88 valence electrons. The number of hydrogen-bond donors (Lipinski definition) is 1. The largest absolute Gasteiger partial charge is 0.326 e. The van der Waals surface area contributed by atoms with Gasteiger partial charge in [0.1, 0.15) is 0 Å². The number of amides is 1. The van der Waals surface area contributed by atoms with Gasteiger partial charge in [-0.2, -0.15) is 0 Å². The van der Waals surface area contributed by atoms with Crippen molar-refractivity contribution in [2.24, 2.45) is 0 Å². The first kappa shape index (κ1) is 12.8. The van der Waals surface area contributed by atoms with Crippen LogP contribution in [0.5, 0.6) is 0 Å². The molecule has 2 nitrogen and oxygen atoms in total. The van der Waals surface area contributed by atoms with Crippen LogP contribution in [0.15, 0.2) is 18.2 Å². The zero-order valence-electron chi connectivity index (χ0n) is 10.5. The number of fused-ring (bicyclic) bond motifs is 1. The third-order valence-electron chi connectivity index (χ3n) is 2.71. The Hall–Kier alpha value is -1.31. The van der Waals surface area contributed by atoms with E-state index in [0.717, 1.165) is 18.5 Å². The van der Waals surface area contributed by atoms with Crippen LogP contribution < -0.4 is 5.32 Å². The van der Waals surface area contributed by atoms with Crippen LogP contribution in [0.1, 0.15) is 44.7 Å². The lowest BCUT2D eigenvalue weighted by Gasteiger charge is -2.19. The zero-order chi connectivity index (χ0) is 12.0. The highest BCUT2D eigenvalue weighted by Gasteiger charge is 2.12. The molecule has 0 aliphatic heterocycles. The van der Waals surface area contributed by atoms with Crippen LogP contribution in [0.2, 0.25) is 0 Å². The van der Waals surface area contributed by atoms with Gasteiger partial charge in [-0.3, -0.25) is 4.79 Å². The smallest absolute Gasteiger partial charge is 0.221 e. The summed E-state index contributed by atoms with van der Waals surface area (Å²) in [5, 5.41) is 2.89. The fourth-order valence-electron chi connectivity index (χ4n) is 2.09. The van der Waals surface area contributed by atoms with Crippen molar-refractivity contribution in [3.05, 3.63) is 29.3 Å². The molecule has 0 aromatic heterocycles. The Balaban J connectivity index is 0.000000606. The number of rotatable bonds is 1. The van der Waals surface area contributed by atoms with Gasteiger partial charge < -0.3 is 5.32 Å². The standard InChI is InChI=1S/C12H15NO.C2H6/c1-9(14)13-12-8-4-6-10-5-2-3-7-11(10)12;1-2/h4,6,8H,2-3,5,7H2,1H3,(H,13,14);1-2H3. The van der Waals surface area contributed by atoms with E-state index in [1.165, 1.54) is 24.0 Å². The number of carbonyl (C=O) groups is 1. The van der Waals surface area contributed by atoms with Crippen molar-refractivity contribution in [3.63, 3.8) is 0 Å². The number of benzene rings is 1. The molecule has 0 saturated carbocycles. The SMILES string of the molecule is CC.CC(=O)Nc1cccc2c1CCCC2. The lowest BCUT2D eigenvalue weighted by Crippen LogP contribution is -2.11. The van der Waals surface area contributed by atoms with Gasteiger partial charge in [0.2, 0.25) is 5.91 Å². The minimum atomic E-state index is 0.0176. The lowest BCUT2D eigenvalue weighted by atomic mass is 9.90. The Kier molecular flexibility index (Phi) is 5.03. The average molecular weight is 219 g/mol. The molecule has 1 aromatic carbocycles. The molecule has 1 aromatic rings. The summed E-state index contributed by atoms with van der Waals surface area (Å²) >= 11 is 0. The average Bonchev–Trinajstić information content (AvgIpc) is 2.31. The van der Waals surface area contributed by atoms with E-state index < -0.39 is 0 Å². The molecule has 1 amide bonds. The van der Waals surface area contributed by atoms with Crippen molar-refractivity contribution in [1.82, 2.24) is 0 Å². The topological polar surface area (TPSA) is 29.1 Å². The Morgan fingerprint density at radius 1 is 1.19 bits per heavy atom. The normalized spacial score (nSPS) is 13.2. The Bertz CT molecular complexity index is 358. The van der Waals surface area contributed by atoms with E-state index in [0.29, 0.717) is 0 Å². The van der Waals surface area contributed by atoms with Gasteiger partial charge in [0.25, 0.3) is 0 Å². The van der Waals surface area contributed by atoms with Crippen molar-refractivity contribution < 1.29 is 4.79 Å². The number of carbonyl (C=O) groups excluding carboxylic acids is 1. The third-order valence-corrected chi connectivity index (χ3v) is 2.71. The summed E-state index contributed by atoms with van der Waals surface area (Å²) in [6.07, 6.45) is 4.77. The van der Waals surface area contributed by atoms with E-state index in [9.17, 15) is 4.79 Å². The summed E-state index contributed by atoms with van der Waals surface area (Å²) in [7, 11) is 0. The van der Waals surface area contributed by atoms with Gasteiger partial charge in [0.05, 0.1) is 0 Å². The van der Waals surface area contributed by atoms with Crippen LogP contribution >= 0.6 is 0 Å². The predicted octanol–water partition coefficient (Wildman–Crippen LogP) is 3.55. The summed E-state index contributed by atoms with van der Waals surface area (Å²) in [5.74, 6) is 0.0176. The van der Waals surface area contributed by atoms with Gasteiger partial charge in [-0.25, -0.2) is 0 Å². The molecule has 0 unspecified atom stereocenters. The summed E-state index contributed by atoms with van der Waals surface area (Å²) in [6.45, 7) is 5.56. The number of aryl methyl sites for hydroxylation is 1. The van der Waals surface area contributed by atoms with Crippen molar-refractivity contribution in [1.29, 1.82) is 0 Å². The van der Waals surface area contributed by atoms with E-state index in [1.807, 2.05) is 26.0 Å². The fourth-order valence-corrected chi connectivity index (χ4v) is 2.09. The van der Waals surface area contributed by atoms with Crippen LogP contribution in [0, 0.1) is 0 Å². The molecule has 2 heteroatoms. The van der Waals surface area contributed by atoms with Gasteiger partial charge in [0, 0.05) is 12.6 Å². The van der Waals surface area contributed by atoms with Crippen molar-refractivity contribution in [3.8, 4) is 0 Å². The Morgan fingerprint density at radius 3 is 2.56 bits per heavy atom. The second-order valence-electron chi connectivity index (χ2n) is 3.83. The minimum Gasteiger partial charge on any atom is -0.326 e. The molecule has 16 heavy (non-hydrogen) atoms. The van der Waals surface area contributed by atoms with Crippen molar-refractivity contribution in [2.75, 3.05) is 5.32 Å². The third kappa shape index (κ3) is 3.09. The maximum atomic E-state index is 11.0. The van der Waals surface area contributed by atoms with Crippen LogP contribution in [0.3, 0.4) is 0 Å². The van der Waals surface area contributed by atoms with Crippen LogP contribution in [-0.4, -0.2) is 5.91 Å². The zero-order valence-corrected chi connectivity index (χ0v) is 10.5. The monoisotopic (exact) mass is 219 g/mol. The van der Waals surface area contributed by atoms with Gasteiger partial charge in [-0.1, -0.05) is 26.0 Å². The molecular formula is C14H21NO. The molecule has 0 atom stereocenters. The maximum absolute atomic E-state index is 11.0. The first-order valence-corrected chi connectivity index (χ1v) is 6.16. The highest BCUT2D eigenvalue weighted by molar-refractivity contribution is 5.89. The molecule has 0 saturated heterocycles. The Morgan fingerprint density at radius 2 is 1.88 bits per heavy atom. The molecule has 0 radical (unpaired) electrons. The molecular weight excluding hydrogens is 198 g/mol. The predicted molar refractivity (Wildman–Crippen MR) is 68.7 cm³/mol. The first-order valence-electron chi connectivity index (χ1n) is 6.16. The number of nitrogens with one attached hydrogen (secondary N) is 1. The van der Waals surface area contributed by atoms with Crippen molar-refractivity contribution in [2.45, 2.75) is 46.5 Å². The minimum absolute atomic E-state index is 0.0176. The molecule has 1 aliphatic carbocycles. The highest BCUT2D eigenvalue weighted by Crippen LogP contribution is 2.27. The maximum Gasteiger partial charge on any atom is 0.221 e. The van der Waals surface area contributed by atoms with Gasteiger partial charge in [-0.15, -0.1) is 0 Å². The van der Waals surface area contributed by atoms with Crippen LogP contribution in [0.4, 0.5) is 5.69 Å². The van der Waals surface area contributed by atoms with Gasteiger partial charge in [0.15, 0.2) is 0 Å². The molecule has 1 aliphatic rings. The second kappa shape index (κ2) is 6.31. The van der Waals surface area contributed by atoms with E-state index in [4.69, 9.17) is 0 Å². The highest BCUT2D eigenvalue weighted by atomic mass is 16.1. The summed E-state index contributed by atoms with van der Waals surface area (Å²) in [5.41, 5.74) is 3.76. The molecule has 0 heterocycles. The van der Waals surface area contributed by atoms with E-state index in [2.05, 4.69) is 11.4 Å². The molecule has 1 N–H and O–H groups in total. The van der Waals surface area contributed by atoms with Crippen LogP contribution in [0.25, 0.3) is 0 Å². The van der Waals surface area contributed by atoms with Crippen molar-refractivity contribution >= 4 is 11.6 Å². The molecule has 2 rings (SSSR count). The second-order valence-corrected chi connectivity index (χ2v) is 3.83. The summed E-state index contributed by atoms with van der Waals surface area (Å²) in [4.78, 5) is 11.0. The van der Waals surface area contributed by atoms with Gasteiger partial charge >= 0.3 is 0 Å². The fraction of sp³-hybridized carbons (Fsp3) is 0.500.